The van der Waals surface area contributed by atoms with Crippen molar-refractivity contribution < 1.29 is 4.74 Å². The Labute approximate surface area is 184 Å². The Kier molecular flexibility index (Phi) is 5.28. The number of benzene rings is 2. The third-order valence-electron chi connectivity index (χ3n) is 4.64. The molecule has 0 unspecified atom stereocenters. The lowest BCUT2D eigenvalue weighted by Gasteiger charge is -2.19. The highest BCUT2D eigenvalue weighted by Crippen LogP contribution is 2.48. The SMILES string of the molecule is Cc1ccccc1Oc1ncnc2sc(C(C)(C)C)c(-c3ccc(Cl)c(Cl)c3)c12. The van der Waals surface area contributed by atoms with Gasteiger partial charge in [-0.05, 0) is 41.7 Å². The van der Waals surface area contributed by atoms with E-state index in [0.29, 0.717) is 15.9 Å². The average Bonchev–Trinajstić information content (AvgIpc) is 3.07. The molecule has 6 heteroatoms. The van der Waals surface area contributed by atoms with E-state index in [4.69, 9.17) is 27.9 Å². The molecule has 148 valence electrons. The Morgan fingerprint density at radius 2 is 1.72 bits per heavy atom. The molecule has 4 rings (SSSR count). The van der Waals surface area contributed by atoms with Crippen LogP contribution >= 0.6 is 34.5 Å². The van der Waals surface area contributed by atoms with E-state index in [-0.39, 0.29) is 5.41 Å². The number of fused-ring (bicyclic) bond motifs is 1. The number of hydrogen-bond acceptors (Lipinski definition) is 4. The molecule has 0 spiro atoms. The summed E-state index contributed by atoms with van der Waals surface area (Å²) >= 11 is 14.2. The van der Waals surface area contributed by atoms with E-state index in [0.717, 1.165) is 32.7 Å². The normalized spacial score (nSPS) is 11.8. The number of thiophene rings is 1. The van der Waals surface area contributed by atoms with E-state index in [1.54, 1.807) is 17.7 Å². The number of nitrogens with zero attached hydrogens (tertiary/aromatic N) is 2. The monoisotopic (exact) mass is 442 g/mol. The molecule has 4 aromatic rings. The van der Waals surface area contributed by atoms with Gasteiger partial charge in [-0.1, -0.05) is 68.2 Å². The highest BCUT2D eigenvalue weighted by atomic mass is 35.5. The molecule has 0 aliphatic carbocycles. The molecule has 0 N–H and O–H groups in total. The quantitative estimate of drug-likeness (QED) is 0.321. The van der Waals surface area contributed by atoms with Gasteiger partial charge in [-0.3, -0.25) is 0 Å². The van der Waals surface area contributed by atoms with Gasteiger partial charge in [0.2, 0.25) is 5.88 Å². The van der Waals surface area contributed by atoms with Crippen LogP contribution in [0.15, 0.2) is 48.8 Å². The van der Waals surface area contributed by atoms with Gasteiger partial charge in [-0.15, -0.1) is 11.3 Å². The van der Waals surface area contributed by atoms with Crippen molar-refractivity contribution in [3.63, 3.8) is 0 Å². The number of aryl methyl sites for hydroxylation is 1. The van der Waals surface area contributed by atoms with Gasteiger partial charge < -0.3 is 4.74 Å². The van der Waals surface area contributed by atoms with Gasteiger partial charge in [0, 0.05) is 10.4 Å². The van der Waals surface area contributed by atoms with Crippen molar-refractivity contribution >= 4 is 44.8 Å². The van der Waals surface area contributed by atoms with Gasteiger partial charge in [0.25, 0.3) is 0 Å². The second-order valence-electron chi connectivity index (χ2n) is 7.91. The fraction of sp³-hybridized carbons (Fsp3) is 0.217. The molecule has 0 radical (unpaired) electrons. The molecule has 29 heavy (non-hydrogen) atoms. The highest BCUT2D eigenvalue weighted by molar-refractivity contribution is 7.19. The summed E-state index contributed by atoms with van der Waals surface area (Å²) in [5.41, 5.74) is 2.97. The number of rotatable bonds is 3. The fourth-order valence-electron chi connectivity index (χ4n) is 3.21. The van der Waals surface area contributed by atoms with Crippen LogP contribution in [0.4, 0.5) is 0 Å². The number of para-hydroxylation sites is 1. The molecule has 0 atom stereocenters. The minimum Gasteiger partial charge on any atom is -0.438 e. The lowest BCUT2D eigenvalue weighted by atomic mass is 9.88. The van der Waals surface area contributed by atoms with Gasteiger partial charge in [0.15, 0.2) is 0 Å². The molecule has 0 saturated heterocycles. The van der Waals surface area contributed by atoms with E-state index in [9.17, 15) is 0 Å². The van der Waals surface area contributed by atoms with E-state index >= 15 is 0 Å². The van der Waals surface area contributed by atoms with Crippen LogP contribution in [0.3, 0.4) is 0 Å². The van der Waals surface area contributed by atoms with Crippen molar-refractivity contribution in [3.8, 4) is 22.8 Å². The Morgan fingerprint density at radius 1 is 0.966 bits per heavy atom. The van der Waals surface area contributed by atoms with Crippen LogP contribution in [0.2, 0.25) is 10.0 Å². The number of hydrogen-bond donors (Lipinski definition) is 0. The topological polar surface area (TPSA) is 35.0 Å². The average molecular weight is 443 g/mol. The van der Waals surface area contributed by atoms with Gasteiger partial charge in [0.1, 0.15) is 16.9 Å². The Balaban J connectivity index is 2.01. The molecule has 3 nitrogen and oxygen atoms in total. The molecule has 2 aromatic heterocycles. The van der Waals surface area contributed by atoms with Crippen molar-refractivity contribution in [3.05, 3.63) is 69.3 Å². The largest absolute Gasteiger partial charge is 0.438 e. The van der Waals surface area contributed by atoms with Crippen molar-refractivity contribution in [1.82, 2.24) is 9.97 Å². The molecule has 0 bridgehead atoms. The lowest BCUT2D eigenvalue weighted by molar-refractivity contribution is 0.465. The Bertz CT molecular complexity index is 1210. The first kappa shape index (κ1) is 20.1. The van der Waals surface area contributed by atoms with Crippen molar-refractivity contribution in [1.29, 1.82) is 0 Å². The Morgan fingerprint density at radius 3 is 2.41 bits per heavy atom. The van der Waals surface area contributed by atoms with Crippen molar-refractivity contribution in [2.75, 3.05) is 0 Å². The van der Waals surface area contributed by atoms with Crippen molar-refractivity contribution in [2.45, 2.75) is 33.1 Å². The van der Waals surface area contributed by atoms with Crippen LogP contribution in [0.5, 0.6) is 11.6 Å². The van der Waals surface area contributed by atoms with Gasteiger partial charge >= 0.3 is 0 Å². The van der Waals surface area contributed by atoms with E-state index in [1.165, 1.54) is 4.88 Å². The first-order valence-corrected chi connectivity index (χ1v) is 10.8. The van der Waals surface area contributed by atoms with Crippen LogP contribution < -0.4 is 4.74 Å². The first-order valence-electron chi connectivity index (χ1n) is 9.22. The van der Waals surface area contributed by atoms with Gasteiger partial charge in [0.05, 0.1) is 15.4 Å². The van der Waals surface area contributed by atoms with Crippen molar-refractivity contribution in [2.24, 2.45) is 0 Å². The fourth-order valence-corrected chi connectivity index (χ4v) is 4.73. The second-order valence-corrected chi connectivity index (χ2v) is 9.73. The summed E-state index contributed by atoms with van der Waals surface area (Å²) in [6, 6.07) is 13.6. The minimum absolute atomic E-state index is 0.0905. The second kappa shape index (κ2) is 7.60. The van der Waals surface area contributed by atoms with E-state index in [2.05, 4.69) is 30.7 Å². The number of aromatic nitrogens is 2. The minimum atomic E-state index is -0.0905. The molecule has 0 aliphatic rings. The summed E-state index contributed by atoms with van der Waals surface area (Å²) in [6.07, 6.45) is 1.55. The maximum atomic E-state index is 6.35. The summed E-state index contributed by atoms with van der Waals surface area (Å²) < 4.78 is 6.26. The predicted octanol–water partition coefficient (Wildman–Crippen LogP) is 8.06. The Hall–Kier alpha value is -2.14. The van der Waals surface area contributed by atoms with E-state index < -0.39 is 0 Å². The molecule has 2 heterocycles. The standard InChI is InChI=1S/C23H20Cl2N2OS/c1-13-7-5-6-8-17(13)28-21-19-18(14-9-10-15(24)16(25)11-14)20(23(2,3)4)29-22(19)27-12-26-21/h5-12H,1-4H3. The maximum Gasteiger partial charge on any atom is 0.231 e. The summed E-state index contributed by atoms with van der Waals surface area (Å²) in [5.74, 6) is 1.31. The molecule has 0 fully saturated rings. The number of ether oxygens (including phenoxy) is 1. The predicted molar refractivity (Wildman–Crippen MR) is 123 cm³/mol. The van der Waals surface area contributed by atoms with Gasteiger partial charge in [-0.25, -0.2) is 9.97 Å². The summed E-state index contributed by atoms with van der Waals surface area (Å²) in [4.78, 5) is 11.1. The summed E-state index contributed by atoms with van der Waals surface area (Å²) in [7, 11) is 0. The van der Waals surface area contributed by atoms with Crippen LogP contribution in [0.25, 0.3) is 21.3 Å². The molecule has 0 amide bonds. The third kappa shape index (κ3) is 3.85. The highest BCUT2D eigenvalue weighted by Gasteiger charge is 2.27. The zero-order chi connectivity index (χ0) is 20.8. The summed E-state index contributed by atoms with van der Waals surface area (Å²) in [5, 5.41) is 1.94. The molecule has 0 aliphatic heterocycles. The molecular formula is C23H20Cl2N2OS. The van der Waals surface area contributed by atoms with Crippen LogP contribution in [0.1, 0.15) is 31.2 Å². The van der Waals surface area contributed by atoms with Crippen LogP contribution in [-0.2, 0) is 5.41 Å². The molecule has 0 saturated carbocycles. The zero-order valence-corrected chi connectivity index (χ0v) is 18.9. The van der Waals surface area contributed by atoms with Crippen LogP contribution in [-0.4, -0.2) is 9.97 Å². The third-order valence-corrected chi connectivity index (χ3v) is 6.91. The maximum absolute atomic E-state index is 6.35. The number of halogens is 2. The zero-order valence-electron chi connectivity index (χ0n) is 16.6. The van der Waals surface area contributed by atoms with E-state index in [1.807, 2.05) is 49.4 Å². The van der Waals surface area contributed by atoms with Crippen LogP contribution in [0, 0.1) is 6.92 Å². The molecule has 2 aromatic carbocycles. The van der Waals surface area contributed by atoms with Gasteiger partial charge in [-0.2, -0.15) is 0 Å². The lowest BCUT2D eigenvalue weighted by Crippen LogP contribution is -2.10. The smallest absolute Gasteiger partial charge is 0.231 e. The first-order chi connectivity index (χ1) is 13.8. The summed E-state index contributed by atoms with van der Waals surface area (Å²) in [6.45, 7) is 8.58. The molecular weight excluding hydrogens is 423 g/mol.